The van der Waals surface area contributed by atoms with Crippen LogP contribution in [0.3, 0.4) is 0 Å². The first-order valence-electron chi connectivity index (χ1n) is 6.23. The van der Waals surface area contributed by atoms with Gasteiger partial charge in [-0.15, -0.1) is 12.8 Å². The van der Waals surface area contributed by atoms with Gasteiger partial charge in [0.15, 0.2) is 5.78 Å². The van der Waals surface area contributed by atoms with Crippen LogP contribution in [0.4, 0.5) is 0 Å². The van der Waals surface area contributed by atoms with Crippen LogP contribution >= 0.6 is 0 Å². The minimum atomic E-state index is -0.288. The van der Waals surface area contributed by atoms with Crippen molar-refractivity contribution in [1.82, 2.24) is 0 Å². The number of benzene rings is 1. The molecule has 0 amide bonds. The average molecular weight is 272 g/mol. The lowest BCUT2D eigenvalue weighted by Gasteiger charge is -2.03. The van der Waals surface area contributed by atoms with Gasteiger partial charge in [0, 0.05) is 11.1 Å². The Hall–Kier alpha value is -2.31. The van der Waals surface area contributed by atoms with E-state index in [0.29, 0.717) is 23.5 Å². The molecule has 1 N–H and O–H groups in total. The van der Waals surface area contributed by atoms with Gasteiger partial charge in [-0.25, -0.2) is 0 Å². The van der Waals surface area contributed by atoms with Gasteiger partial charge in [-0.3, -0.25) is 4.79 Å². The Bertz CT molecular complexity index is 481. The molecule has 0 heterocycles. The van der Waals surface area contributed by atoms with E-state index in [1.807, 2.05) is 19.9 Å². The molecule has 1 aromatic rings. The molecule has 0 radical (unpaired) electrons. The summed E-state index contributed by atoms with van der Waals surface area (Å²) >= 11 is 0. The smallest absolute Gasteiger partial charge is 0.191 e. The van der Waals surface area contributed by atoms with E-state index < -0.39 is 0 Å². The number of allylic oxidation sites excluding steroid dienone is 3. The largest absolute Gasteiger partial charge is 0.499 e. The van der Waals surface area contributed by atoms with Gasteiger partial charge >= 0.3 is 0 Å². The van der Waals surface area contributed by atoms with E-state index in [2.05, 4.69) is 12.8 Å². The van der Waals surface area contributed by atoms with Gasteiger partial charge in [-0.2, -0.15) is 0 Å². The van der Waals surface area contributed by atoms with Gasteiger partial charge in [-0.05, 0) is 26.0 Å². The fraction of sp³-hybridized carbons (Fsp3) is 0.235. The quantitative estimate of drug-likeness (QED) is 0.285. The van der Waals surface area contributed by atoms with Crippen molar-refractivity contribution < 1.29 is 14.6 Å². The molecule has 0 aliphatic rings. The molecule has 0 aliphatic heterocycles. The Morgan fingerprint density at radius 3 is 2.35 bits per heavy atom. The number of rotatable bonds is 6. The summed E-state index contributed by atoms with van der Waals surface area (Å²) in [6.45, 7) is 3.99. The maximum absolute atomic E-state index is 12.0. The Kier molecular flexibility index (Phi) is 9.37. The zero-order valence-corrected chi connectivity index (χ0v) is 11.9. The molecule has 0 fully saturated rings. The van der Waals surface area contributed by atoms with E-state index >= 15 is 0 Å². The van der Waals surface area contributed by atoms with Crippen molar-refractivity contribution in [1.29, 1.82) is 0 Å². The number of terminal acetylenes is 1. The number of hydrogen-bond acceptors (Lipinski definition) is 3. The topological polar surface area (TPSA) is 46.5 Å². The minimum absolute atomic E-state index is 0.168. The SMILES string of the molecule is C#C.CCO/C(C)=C/C=C(\CO)C(=O)c1ccccc1. The van der Waals surface area contributed by atoms with E-state index in [-0.39, 0.29) is 12.4 Å². The van der Waals surface area contributed by atoms with E-state index in [0.717, 1.165) is 0 Å². The van der Waals surface area contributed by atoms with Gasteiger partial charge in [0.25, 0.3) is 0 Å². The highest BCUT2D eigenvalue weighted by atomic mass is 16.5. The Labute approximate surface area is 120 Å². The third-order valence-electron chi connectivity index (χ3n) is 2.39. The number of ketones is 1. The molecule has 3 heteroatoms. The summed E-state index contributed by atoms with van der Waals surface area (Å²) in [7, 11) is 0. The van der Waals surface area contributed by atoms with Crippen molar-refractivity contribution in [3.05, 3.63) is 59.4 Å². The molecule has 0 bridgehead atoms. The van der Waals surface area contributed by atoms with Crippen molar-refractivity contribution in [2.45, 2.75) is 13.8 Å². The molecule has 3 nitrogen and oxygen atoms in total. The zero-order chi connectivity index (χ0) is 15.4. The maximum Gasteiger partial charge on any atom is 0.191 e. The average Bonchev–Trinajstić information content (AvgIpc) is 2.51. The maximum atomic E-state index is 12.0. The molecule has 0 aromatic heterocycles. The molecule has 0 saturated heterocycles. The number of aliphatic hydroxyl groups excluding tert-OH is 1. The molecule has 0 aliphatic carbocycles. The van der Waals surface area contributed by atoms with Gasteiger partial charge in [0.2, 0.25) is 0 Å². The molecule has 1 aromatic carbocycles. The van der Waals surface area contributed by atoms with Crippen LogP contribution in [0, 0.1) is 12.8 Å². The van der Waals surface area contributed by atoms with Crippen LogP contribution < -0.4 is 0 Å². The van der Waals surface area contributed by atoms with Crippen molar-refractivity contribution >= 4 is 5.78 Å². The van der Waals surface area contributed by atoms with E-state index in [9.17, 15) is 9.90 Å². The lowest BCUT2D eigenvalue weighted by Crippen LogP contribution is -2.06. The van der Waals surface area contributed by atoms with E-state index in [4.69, 9.17) is 4.74 Å². The molecule has 106 valence electrons. The summed E-state index contributed by atoms with van der Waals surface area (Å²) < 4.78 is 5.25. The number of carbonyl (C=O) groups is 1. The van der Waals surface area contributed by atoms with Gasteiger partial charge in [0.05, 0.1) is 19.0 Å². The van der Waals surface area contributed by atoms with E-state index in [1.54, 1.807) is 36.4 Å². The highest BCUT2D eigenvalue weighted by Gasteiger charge is 2.09. The summed E-state index contributed by atoms with van der Waals surface area (Å²) in [6, 6.07) is 8.89. The van der Waals surface area contributed by atoms with Crippen molar-refractivity contribution in [3.8, 4) is 12.8 Å². The van der Waals surface area contributed by atoms with Crippen LogP contribution in [0.25, 0.3) is 0 Å². The lowest BCUT2D eigenvalue weighted by atomic mass is 10.0. The van der Waals surface area contributed by atoms with Crippen molar-refractivity contribution in [3.63, 3.8) is 0 Å². The Balaban J connectivity index is 0.00000172. The summed E-state index contributed by atoms with van der Waals surface area (Å²) in [5.74, 6) is 0.544. The summed E-state index contributed by atoms with van der Waals surface area (Å²) in [5, 5.41) is 9.24. The molecule has 0 unspecified atom stereocenters. The summed E-state index contributed by atoms with van der Waals surface area (Å²) in [6.07, 6.45) is 11.3. The molecule has 0 spiro atoms. The molecular weight excluding hydrogens is 252 g/mol. The van der Waals surface area contributed by atoms with Gasteiger partial charge in [0.1, 0.15) is 0 Å². The second-order valence-electron chi connectivity index (χ2n) is 3.76. The van der Waals surface area contributed by atoms with Gasteiger partial charge < -0.3 is 9.84 Å². The third kappa shape index (κ3) is 6.03. The molecule has 0 atom stereocenters. The molecule has 20 heavy (non-hydrogen) atoms. The number of carbonyl (C=O) groups excluding carboxylic acids is 1. The lowest BCUT2D eigenvalue weighted by molar-refractivity contribution is 0.102. The number of Topliss-reactive ketones (excluding diaryl/α,β-unsaturated/α-hetero) is 1. The second-order valence-corrected chi connectivity index (χ2v) is 3.76. The molecule has 1 rings (SSSR count). The fourth-order valence-electron chi connectivity index (χ4n) is 1.47. The third-order valence-corrected chi connectivity index (χ3v) is 2.39. The van der Waals surface area contributed by atoms with Crippen molar-refractivity contribution in [2.24, 2.45) is 0 Å². The number of aliphatic hydroxyl groups is 1. The Morgan fingerprint density at radius 2 is 1.85 bits per heavy atom. The highest BCUT2D eigenvalue weighted by molar-refractivity contribution is 6.08. The predicted molar refractivity (Wildman–Crippen MR) is 81.2 cm³/mol. The minimum Gasteiger partial charge on any atom is -0.499 e. The van der Waals surface area contributed by atoms with Crippen LogP contribution in [0.15, 0.2) is 53.8 Å². The van der Waals surface area contributed by atoms with Crippen LogP contribution in [0.1, 0.15) is 24.2 Å². The van der Waals surface area contributed by atoms with Gasteiger partial charge in [-0.1, -0.05) is 30.3 Å². The van der Waals surface area contributed by atoms with Crippen LogP contribution in [0.2, 0.25) is 0 Å². The van der Waals surface area contributed by atoms with E-state index in [1.165, 1.54) is 0 Å². The first kappa shape index (κ1) is 17.7. The molecule has 0 saturated carbocycles. The summed E-state index contributed by atoms with van der Waals surface area (Å²) in [4.78, 5) is 12.0. The fourth-order valence-corrected chi connectivity index (χ4v) is 1.47. The predicted octanol–water partition coefficient (Wildman–Crippen LogP) is 2.98. The normalized spacial score (nSPS) is 11.2. The summed E-state index contributed by atoms with van der Waals surface area (Å²) in [5.41, 5.74) is 0.917. The Morgan fingerprint density at radius 1 is 1.25 bits per heavy atom. The monoisotopic (exact) mass is 272 g/mol. The van der Waals surface area contributed by atoms with Crippen LogP contribution in [-0.4, -0.2) is 24.1 Å². The number of ether oxygens (including phenoxy) is 1. The van der Waals surface area contributed by atoms with Crippen LogP contribution in [-0.2, 0) is 4.74 Å². The first-order valence-corrected chi connectivity index (χ1v) is 6.23. The van der Waals surface area contributed by atoms with Crippen LogP contribution in [0.5, 0.6) is 0 Å². The highest BCUT2D eigenvalue weighted by Crippen LogP contribution is 2.09. The first-order chi connectivity index (χ1) is 9.69. The zero-order valence-electron chi connectivity index (χ0n) is 11.9. The van der Waals surface area contributed by atoms with Crippen molar-refractivity contribution in [2.75, 3.05) is 13.2 Å². The molecular formula is C17H20O3. The second kappa shape index (κ2) is 10.6. The number of hydrogen-bond donors (Lipinski definition) is 1. The standard InChI is InChI=1S/C15H18O3.C2H2/c1-3-18-12(2)9-10-14(11-16)15(17)13-7-5-4-6-8-13;1-2/h4-10,16H,3,11H2,1-2H3;1-2H/b12-9+,14-10+;.